The number of H-pyrrole nitrogens is 1. The number of aromatic nitrogens is 2. The van der Waals surface area contributed by atoms with E-state index < -0.39 is 0 Å². The van der Waals surface area contributed by atoms with Gasteiger partial charge in [-0.2, -0.15) is 0 Å². The van der Waals surface area contributed by atoms with Crippen molar-refractivity contribution in [2.75, 3.05) is 18.4 Å². The highest BCUT2D eigenvalue weighted by molar-refractivity contribution is 5.30. The van der Waals surface area contributed by atoms with E-state index in [-0.39, 0.29) is 5.56 Å². The van der Waals surface area contributed by atoms with Crippen LogP contribution in [0, 0.1) is 13.8 Å². The Morgan fingerprint density at radius 2 is 2.25 bits per heavy atom. The molecule has 1 aliphatic rings. The summed E-state index contributed by atoms with van der Waals surface area (Å²) in [6, 6.07) is 0.360. The highest BCUT2D eigenvalue weighted by atomic mass is 16.1. The second kappa shape index (κ2) is 4.65. The molecule has 88 valence electrons. The second-order valence-corrected chi connectivity index (χ2v) is 4.31. The first-order chi connectivity index (χ1) is 7.66. The molecule has 0 radical (unpaired) electrons. The van der Waals surface area contributed by atoms with Crippen LogP contribution in [-0.2, 0) is 0 Å². The lowest BCUT2D eigenvalue weighted by atomic mass is 10.1. The summed E-state index contributed by atoms with van der Waals surface area (Å²) in [7, 11) is 0. The molecule has 0 bridgehead atoms. The van der Waals surface area contributed by atoms with Gasteiger partial charge in [-0.25, -0.2) is 4.98 Å². The van der Waals surface area contributed by atoms with Crippen molar-refractivity contribution < 1.29 is 0 Å². The Morgan fingerprint density at radius 3 is 2.88 bits per heavy atom. The van der Waals surface area contributed by atoms with Crippen molar-refractivity contribution >= 4 is 5.95 Å². The summed E-state index contributed by atoms with van der Waals surface area (Å²) in [5.74, 6) is 0.585. The molecule has 0 saturated carbocycles. The average molecular weight is 222 g/mol. The fraction of sp³-hybridized carbons (Fsp3) is 0.636. The Bertz CT molecular complexity index is 420. The molecule has 16 heavy (non-hydrogen) atoms. The zero-order valence-corrected chi connectivity index (χ0v) is 9.76. The molecule has 1 unspecified atom stereocenters. The van der Waals surface area contributed by atoms with Crippen LogP contribution in [0.3, 0.4) is 0 Å². The van der Waals surface area contributed by atoms with Crippen molar-refractivity contribution in [2.45, 2.75) is 32.7 Å². The number of hydrogen-bond donors (Lipinski definition) is 3. The molecule has 3 N–H and O–H groups in total. The summed E-state index contributed by atoms with van der Waals surface area (Å²) in [4.78, 5) is 18.6. The summed E-state index contributed by atoms with van der Waals surface area (Å²) < 4.78 is 0. The van der Waals surface area contributed by atoms with Gasteiger partial charge in [-0.05, 0) is 33.2 Å². The standard InChI is InChI=1S/C11H18N4O/c1-7-8(2)13-11(15-10(7)16)14-9-4-3-5-12-6-9/h9,12H,3-6H2,1-2H3,(H2,13,14,15,16). The van der Waals surface area contributed by atoms with Crippen molar-refractivity contribution in [1.29, 1.82) is 0 Å². The zero-order chi connectivity index (χ0) is 11.5. The number of hydrogen-bond acceptors (Lipinski definition) is 4. The molecule has 2 rings (SSSR count). The van der Waals surface area contributed by atoms with Crippen molar-refractivity contribution in [3.05, 3.63) is 21.6 Å². The van der Waals surface area contributed by atoms with Gasteiger partial charge in [-0.3, -0.25) is 9.78 Å². The molecule has 1 aromatic heterocycles. The van der Waals surface area contributed by atoms with Crippen molar-refractivity contribution in [2.24, 2.45) is 0 Å². The summed E-state index contributed by atoms with van der Waals surface area (Å²) in [6.07, 6.45) is 2.27. The van der Waals surface area contributed by atoms with Crippen LogP contribution >= 0.6 is 0 Å². The number of piperidine rings is 1. The Kier molecular flexibility index (Phi) is 3.24. The highest BCUT2D eigenvalue weighted by Crippen LogP contribution is 2.08. The van der Waals surface area contributed by atoms with Crippen LogP contribution in [0.25, 0.3) is 0 Å². The third kappa shape index (κ3) is 2.41. The molecule has 5 heteroatoms. The van der Waals surface area contributed by atoms with Gasteiger partial charge < -0.3 is 10.6 Å². The van der Waals surface area contributed by atoms with Gasteiger partial charge in [0, 0.05) is 23.8 Å². The van der Waals surface area contributed by atoms with Crippen molar-refractivity contribution in [3.63, 3.8) is 0 Å². The maximum atomic E-state index is 11.6. The maximum absolute atomic E-state index is 11.6. The minimum atomic E-state index is -0.0567. The fourth-order valence-corrected chi connectivity index (χ4v) is 1.88. The molecule has 1 atom stereocenters. The molecule has 0 spiro atoms. The molecule has 1 aliphatic heterocycles. The molecule has 0 amide bonds. The van der Waals surface area contributed by atoms with Crippen molar-refractivity contribution in [1.82, 2.24) is 15.3 Å². The Hall–Kier alpha value is -1.36. The van der Waals surface area contributed by atoms with Crippen LogP contribution in [0.5, 0.6) is 0 Å². The monoisotopic (exact) mass is 222 g/mol. The first-order valence-electron chi connectivity index (χ1n) is 5.71. The van der Waals surface area contributed by atoms with Crippen LogP contribution in [0.1, 0.15) is 24.1 Å². The molecule has 1 saturated heterocycles. The molecular weight excluding hydrogens is 204 g/mol. The van der Waals surface area contributed by atoms with Gasteiger partial charge in [-0.1, -0.05) is 0 Å². The van der Waals surface area contributed by atoms with Crippen LogP contribution < -0.4 is 16.2 Å². The highest BCUT2D eigenvalue weighted by Gasteiger charge is 2.13. The van der Waals surface area contributed by atoms with E-state index in [9.17, 15) is 4.79 Å². The molecule has 0 aromatic carbocycles. The van der Waals surface area contributed by atoms with Crippen molar-refractivity contribution in [3.8, 4) is 0 Å². The molecule has 1 aromatic rings. The fourth-order valence-electron chi connectivity index (χ4n) is 1.88. The minimum Gasteiger partial charge on any atom is -0.352 e. The predicted octanol–water partition coefficient (Wildman–Crippen LogP) is 0.551. The summed E-state index contributed by atoms with van der Waals surface area (Å²) in [5.41, 5.74) is 1.42. The van der Waals surface area contributed by atoms with E-state index >= 15 is 0 Å². The van der Waals surface area contributed by atoms with E-state index in [1.165, 1.54) is 0 Å². The molecular formula is C11H18N4O. The van der Waals surface area contributed by atoms with Crippen LogP contribution in [-0.4, -0.2) is 29.1 Å². The van der Waals surface area contributed by atoms with E-state index in [0.29, 0.717) is 17.6 Å². The molecule has 1 fully saturated rings. The lowest BCUT2D eigenvalue weighted by Gasteiger charge is -2.24. The lowest BCUT2D eigenvalue weighted by molar-refractivity contribution is 0.477. The maximum Gasteiger partial charge on any atom is 0.255 e. The number of anilines is 1. The number of aryl methyl sites for hydroxylation is 1. The quantitative estimate of drug-likeness (QED) is 0.683. The number of rotatable bonds is 2. The third-order valence-electron chi connectivity index (χ3n) is 3.03. The topological polar surface area (TPSA) is 69.8 Å². The first-order valence-corrected chi connectivity index (χ1v) is 5.71. The smallest absolute Gasteiger partial charge is 0.255 e. The summed E-state index contributed by atoms with van der Waals surface area (Å²) in [5, 5.41) is 6.57. The van der Waals surface area contributed by atoms with E-state index in [1.54, 1.807) is 6.92 Å². The van der Waals surface area contributed by atoms with Crippen LogP contribution in [0.15, 0.2) is 4.79 Å². The zero-order valence-electron chi connectivity index (χ0n) is 9.76. The molecule has 0 aliphatic carbocycles. The average Bonchev–Trinajstić information content (AvgIpc) is 2.27. The number of aromatic amines is 1. The van der Waals surface area contributed by atoms with Crippen LogP contribution in [0.2, 0.25) is 0 Å². The van der Waals surface area contributed by atoms with Gasteiger partial charge in [0.05, 0.1) is 0 Å². The first kappa shape index (κ1) is 11.1. The normalized spacial score (nSPS) is 20.8. The summed E-state index contributed by atoms with van der Waals surface area (Å²) in [6.45, 7) is 5.65. The number of nitrogens with one attached hydrogen (secondary N) is 3. The molecule has 2 heterocycles. The largest absolute Gasteiger partial charge is 0.352 e. The Balaban J connectivity index is 2.12. The van der Waals surface area contributed by atoms with Gasteiger partial charge >= 0.3 is 0 Å². The van der Waals surface area contributed by atoms with E-state index in [2.05, 4.69) is 20.6 Å². The van der Waals surface area contributed by atoms with Gasteiger partial charge in [0.15, 0.2) is 0 Å². The lowest BCUT2D eigenvalue weighted by Crippen LogP contribution is -2.39. The van der Waals surface area contributed by atoms with E-state index in [0.717, 1.165) is 31.6 Å². The van der Waals surface area contributed by atoms with E-state index in [1.807, 2.05) is 6.92 Å². The van der Waals surface area contributed by atoms with Gasteiger partial charge in [0.25, 0.3) is 5.56 Å². The van der Waals surface area contributed by atoms with Gasteiger partial charge in [0.2, 0.25) is 5.95 Å². The Morgan fingerprint density at radius 1 is 1.44 bits per heavy atom. The van der Waals surface area contributed by atoms with E-state index in [4.69, 9.17) is 0 Å². The molecule has 5 nitrogen and oxygen atoms in total. The summed E-state index contributed by atoms with van der Waals surface area (Å²) >= 11 is 0. The minimum absolute atomic E-state index is 0.0567. The third-order valence-corrected chi connectivity index (χ3v) is 3.03. The second-order valence-electron chi connectivity index (χ2n) is 4.31. The predicted molar refractivity (Wildman–Crippen MR) is 63.8 cm³/mol. The van der Waals surface area contributed by atoms with Gasteiger partial charge in [0.1, 0.15) is 0 Å². The number of nitrogens with zero attached hydrogens (tertiary/aromatic N) is 1. The van der Waals surface area contributed by atoms with Crippen LogP contribution in [0.4, 0.5) is 5.95 Å². The van der Waals surface area contributed by atoms with Gasteiger partial charge in [-0.15, -0.1) is 0 Å². The SMILES string of the molecule is Cc1nc(NC2CCCNC2)[nH]c(=O)c1C. The Labute approximate surface area is 94.7 Å².